The molecular weight excluding hydrogens is 204 g/mol. The van der Waals surface area contributed by atoms with E-state index in [1.807, 2.05) is 11.8 Å². The summed E-state index contributed by atoms with van der Waals surface area (Å²) in [6.07, 6.45) is 1.59. The van der Waals surface area contributed by atoms with Gasteiger partial charge in [0.15, 0.2) is 5.82 Å². The molecule has 14 heavy (non-hydrogen) atoms. The molecule has 0 amide bonds. The molecular formula is C8H13ClN4O. The zero-order valence-electron chi connectivity index (χ0n) is 8.27. The highest BCUT2D eigenvalue weighted by molar-refractivity contribution is 6.28. The summed E-state index contributed by atoms with van der Waals surface area (Å²) in [4.78, 5) is 6.08. The zero-order chi connectivity index (χ0) is 10.4. The number of anilines is 1. The van der Waals surface area contributed by atoms with Crippen LogP contribution in [-0.4, -0.2) is 42.0 Å². The van der Waals surface area contributed by atoms with Crippen molar-refractivity contribution in [3.05, 3.63) is 11.5 Å². The summed E-state index contributed by atoms with van der Waals surface area (Å²) >= 11 is 5.64. The third-order valence-corrected chi connectivity index (χ3v) is 1.95. The fraction of sp³-hybridized carbons (Fsp3) is 0.625. The van der Waals surface area contributed by atoms with E-state index in [9.17, 15) is 0 Å². The number of nitrogens with zero attached hydrogens (tertiary/aromatic N) is 4. The Labute approximate surface area is 88.1 Å². The van der Waals surface area contributed by atoms with E-state index in [0.717, 1.165) is 18.9 Å². The van der Waals surface area contributed by atoms with Gasteiger partial charge in [-0.25, -0.2) is 0 Å². The van der Waals surface area contributed by atoms with Crippen molar-refractivity contribution in [2.75, 3.05) is 31.7 Å². The maximum atomic E-state index is 5.64. The molecule has 1 heterocycles. The van der Waals surface area contributed by atoms with Gasteiger partial charge in [-0.15, -0.1) is 5.10 Å². The molecule has 0 saturated heterocycles. The molecule has 0 aliphatic carbocycles. The van der Waals surface area contributed by atoms with Crippen molar-refractivity contribution in [3.8, 4) is 0 Å². The van der Waals surface area contributed by atoms with Gasteiger partial charge in [-0.2, -0.15) is 10.1 Å². The number of rotatable bonds is 5. The van der Waals surface area contributed by atoms with Crippen molar-refractivity contribution < 1.29 is 4.74 Å². The average Bonchev–Trinajstić information content (AvgIpc) is 2.19. The van der Waals surface area contributed by atoms with E-state index in [4.69, 9.17) is 16.3 Å². The summed E-state index contributed by atoms with van der Waals surface area (Å²) in [5.41, 5.74) is 0. The van der Waals surface area contributed by atoms with E-state index in [2.05, 4.69) is 15.2 Å². The van der Waals surface area contributed by atoms with Crippen molar-refractivity contribution >= 4 is 17.4 Å². The molecule has 0 radical (unpaired) electrons. The Morgan fingerprint density at radius 1 is 1.57 bits per heavy atom. The van der Waals surface area contributed by atoms with E-state index < -0.39 is 0 Å². The van der Waals surface area contributed by atoms with Crippen LogP contribution in [0.5, 0.6) is 0 Å². The number of ether oxygens (including phenoxy) is 1. The molecule has 0 spiro atoms. The van der Waals surface area contributed by atoms with E-state index in [0.29, 0.717) is 6.61 Å². The van der Waals surface area contributed by atoms with E-state index in [-0.39, 0.29) is 5.28 Å². The quantitative estimate of drug-likeness (QED) is 0.735. The van der Waals surface area contributed by atoms with Gasteiger partial charge in [-0.05, 0) is 18.5 Å². The standard InChI is InChI=1S/C8H13ClN4O/c1-3-13(4-5-14-2)7-6-10-12-8(9)11-7/h6H,3-5H2,1-2H3. The monoisotopic (exact) mass is 216 g/mol. The van der Waals surface area contributed by atoms with Crippen molar-refractivity contribution in [1.29, 1.82) is 0 Å². The molecule has 0 aliphatic rings. The van der Waals surface area contributed by atoms with Crippen LogP contribution in [0, 0.1) is 0 Å². The fourth-order valence-corrected chi connectivity index (χ4v) is 1.19. The molecule has 0 unspecified atom stereocenters. The molecule has 1 rings (SSSR count). The Bertz CT molecular complexity index is 284. The fourth-order valence-electron chi connectivity index (χ4n) is 1.06. The molecule has 0 atom stereocenters. The second-order valence-corrected chi connectivity index (χ2v) is 2.99. The summed E-state index contributed by atoms with van der Waals surface area (Å²) in [7, 11) is 1.67. The predicted octanol–water partition coefficient (Wildman–Crippen LogP) is 0.998. The minimum atomic E-state index is 0.165. The van der Waals surface area contributed by atoms with Crippen molar-refractivity contribution in [3.63, 3.8) is 0 Å². The lowest BCUT2D eigenvalue weighted by atomic mass is 10.5. The van der Waals surface area contributed by atoms with E-state index >= 15 is 0 Å². The van der Waals surface area contributed by atoms with Gasteiger partial charge in [0.2, 0.25) is 5.28 Å². The maximum absolute atomic E-state index is 5.64. The second kappa shape index (κ2) is 5.72. The average molecular weight is 217 g/mol. The van der Waals surface area contributed by atoms with Crippen molar-refractivity contribution in [2.24, 2.45) is 0 Å². The maximum Gasteiger partial charge on any atom is 0.244 e. The van der Waals surface area contributed by atoms with Gasteiger partial charge in [-0.3, -0.25) is 0 Å². The molecule has 1 aromatic rings. The van der Waals surface area contributed by atoms with Crippen LogP contribution in [0.2, 0.25) is 5.28 Å². The Morgan fingerprint density at radius 2 is 2.36 bits per heavy atom. The largest absolute Gasteiger partial charge is 0.383 e. The number of halogens is 1. The van der Waals surface area contributed by atoms with Gasteiger partial charge in [0, 0.05) is 20.2 Å². The van der Waals surface area contributed by atoms with E-state index in [1.54, 1.807) is 13.3 Å². The lowest BCUT2D eigenvalue weighted by molar-refractivity contribution is 0.205. The molecule has 6 heteroatoms. The summed E-state index contributed by atoms with van der Waals surface area (Å²) in [5, 5.41) is 7.48. The zero-order valence-corrected chi connectivity index (χ0v) is 9.03. The van der Waals surface area contributed by atoms with E-state index in [1.165, 1.54) is 0 Å². The Balaban J connectivity index is 2.68. The molecule has 0 saturated carbocycles. The molecule has 1 aromatic heterocycles. The van der Waals surface area contributed by atoms with Crippen LogP contribution in [0.25, 0.3) is 0 Å². The Morgan fingerprint density at radius 3 is 2.93 bits per heavy atom. The first kappa shape index (κ1) is 11.1. The van der Waals surface area contributed by atoms with Crippen LogP contribution in [0.1, 0.15) is 6.92 Å². The molecule has 78 valence electrons. The topological polar surface area (TPSA) is 51.1 Å². The van der Waals surface area contributed by atoms with Gasteiger partial charge in [0.1, 0.15) is 0 Å². The SMILES string of the molecule is CCN(CCOC)c1cnnc(Cl)n1. The Kier molecular flexibility index (Phi) is 4.55. The van der Waals surface area contributed by atoms with Crippen LogP contribution < -0.4 is 4.90 Å². The first-order valence-corrected chi connectivity index (χ1v) is 4.74. The number of hydrogen-bond donors (Lipinski definition) is 0. The highest BCUT2D eigenvalue weighted by atomic mass is 35.5. The first-order valence-electron chi connectivity index (χ1n) is 4.37. The second-order valence-electron chi connectivity index (χ2n) is 2.66. The smallest absolute Gasteiger partial charge is 0.244 e. The van der Waals surface area contributed by atoms with Crippen LogP contribution in [0.15, 0.2) is 6.20 Å². The molecule has 0 aromatic carbocycles. The lowest BCUT2D eigenvalue weighted by Gasteiger charge is -2.20. The van der Waals surface area contributed by atoms with Gasteiger partial charge >= 0.3 is 0 Å². The third-order valence-electron chi connectivity index (χ3n) is 1.79. The number of aromatic nitrogens is 3. The van der Waals surface area contributed by atoms with Gasteiger partial charge in [0.25, 0.3) is 0 Å². The van der Waals surface area contributed by atoms with Gasteiger partial charge in [0.05, 0.1) is 12.8 Å². The summed E-state index contributed by atoms with van der Waals surface area (Å²) in [5.74, 6) is 0.726. The normalized spacial score (nSPS) is 10.2. The highest BCUT2D eigenvalue weighted by Gasteiger charge is 2.06. The van der Waals surface area contributed by atoms with Gasteiger partial charge in [-0.1, -0.05) is 0 Å². The van der Waals surface area contributed by atoms with Crippen LogP contribution >= 0.6 is 11.6 Å². The number of hydrogen-bond acceptors (Lipinski definition) is 5. The Hall–Kier alpha value is -0.940. The molecule has 5 nitrogen and oxygen atoms in total. The minimum absolute atomic E-state index is 0.165. The van der Waals surface area contributed by atoms with Crippen molar-refractivity contribution in [2.45, 2.75) is 6.92 Å². The van der Waals surface area contributed by atoms with Crippen LogP contribution in [0.4, 0.5) is 5.82 Å². The number of likely N-dealkylation sites (N-methyl/N-ethyl adjacent to an activating group) is 1. The summed E-state index contributed by atoms with van der Waals surface area (Å²) in [6.45, 7) is 4.28. The lowest BCUT2D eigenvalue weighted by Crippen LogP contribution is -2.27. The summed E-state index contributed by atoms with van der Waals surface area (Å²) in [6, 6.07) is 0. The summed E-state index contributed by atoms with van der Waals surface area (Å²) < 4.78 is 4.99. The first-order chi connectivity index (χ1) is 6.77. The molecule has 0 fully saturated rings. The molecule has 0 aliphatic heterocycles. The number of methoxy groups -OCH3 is 1. The molecule has 0 bridgehead atoms. The van der Waals surface area contributed by atoms with Crippen LogP contribution in [0.3, 0.4) is 0 Å². The third kappa shape index (κ3) is 3.08. The van der Waals surface area contributed by atoms with Crippen LogP contribution in [-0.2, 0) is 4.74 Å². The van der Waals surface area contributed by atoms with Crippen molar-refractivity contribution in [1.82, 2.24) is 15.2 Å². The van der Waals surface area contributed by atoms with Gasteiger partial charge < -0.3 is 9.64 Å². The predicted molar refractivity (Wildman–Crippen MR) is 54.6 cm³/mol. The minimum Gasteiger partial charge on any atom is -0.383 e. The highest BCUT2D eigenvalue weighted by Crippen LogP contribution is 2.09. The molecule has 0 N–H and O–H groups in total.